The largest absolute Gasteiger partial charge is 0.454 e. The number of aromatic nitrogens is 2. The molecule has 1 N–H and O–H groups in total. The van der Waals surface area contributed by atoms with Crippen molar-refractivity contribution < 1.29 is 19.1 Å². The number of hydrogen-bond acceptors (Lipinski definition) is 5. The summed E-state index contributed by atoms with van der Waals surface area (Å²) in [5.74, 6) is 0.721. The first-order valence-corrected chi connectivity index (χ1v) is 8.06. The second-order valence-electron chi connectivity index (χ2n) is 6.11. The molecule has 1 atom stereocenters. The van der Waals surface area contributed by atoms with Crippen molar-refractivity contribution in [2.45, 2.75) is 13.0 Å². The molecule has 2 aliphatic heterocycles. The Bertz CT molecular complexity index is 832. The summed E-state index contributed by atoms with van der Waals surface area (Å²) in [6, 6.07) is 7.21. The van der Waals surface area contributed by atoms with Gasteiger partial charge in [-0.15, -0.1) is 0 Å². The Labute approximate surface area is 144 Å². The first-order valence-electron chi connectivity index (χ1n) is 8.06. The lowest BCUT2D eigenvalue weighted by molar-refractivity contribution is -0.126. The van der Waals surface area contributed by atoms with Crippen LogP contribution in [0.5, 0.6) is 11.5 Å². The van der Waals surface area contributed by atoms with Gasteiger partial charge in [-0.05, 0) is 18.2 Å². The number of benzene rings is 1. The van der Waals surface area contributed by atoms with Crippen LogP contribution in [-0.2, 0) is 23.2 Å². The first-order chi connectivity index (χ1) is 12.1. The predicted molar refractivity (Wildman–Crippen MR) is 88.1 cm³/mol. The summed E-state index contributed by atoms with van der Waals surface area (Å²) in [6.45, 7) is 0.936. The van der Waals surface area contributed by atoms with Crippen LogP contribution in [0.15, 0.2) is 30.5 Å². The number of ether oxygens (including phenoxy) is 2. The number of aryl methyl sites for hydroxylation is 1. The summed E-state index contributed by atoms with van der Waals surface area (Å²) in [5, 5.41) is 6.94. The van der Waals surface area contributed by atoms with Gasteiger partial charge in [0.05, 0.1) is 18.2 Å². The highest BCUT2D eigenvalue weighted by atomic mass is 16.7. The van der Waals surface area contributed by atoms with E-state index in [0.29, 0.717) is 24.6 Å². The molecule has 1 aromatic carbocycles. The number of amides is 2. The summed E-state index contributed by atoms with van der Waals surface area (Å²) in [4.78, 5) is 26.4. The molecule has 0 radical (unpaired) electrons. The zero-order valence-electron chi connectivity index (χ0n) is 13.8. The van der Waals surface area contributed by atoms with Crippen molar-refractivity contribution in [3.63, 3.8) is 0 Å². The number of hydrogen-bond donors (Lipinski definition) is 1. The molecule has 0 aliphatic carbocycles. The molecule has 25 heavy (non-hydrogen) atoms. The van der Waals surface area contributed by atoms with Crippen LogP contribution >= 0.6 is 0 Å². The molecule has 2 aromatic rings. The van der Waals surface area contributed by atoms with Crippen LogP contribution in [0.4, 0.5) is 5.69 Å². The van der Waals surface area contributed by atoms with Gasteiger partial charge in [0.25, 0.3) is 0 Å². The Kier molecular flexibility index (Phi) is 3.79. The Hall–Kier alpha value is -3.03. The summed E-state index contributed by atoms with van der Waals surface area (Å²) >= 11 is 0. The van der Waals surface area contributed by atoms with E-state index in [1.807, 2.05) is 13.1 Å². The van der Waals surface area contributed by atoms with Crippen LogP contribution in [-0.4, -0.2) is 34.9 Å². The number of nitrogens with one attached hydrogen (secondary N) is 1. The van der Waals surface area contributed by atoms with Gasteiger partial charge in [0.15, 0.2) is 11.5 Å². The number of anilines is 1. The van der Waals surface area contributed by atoms with Crippen LogP contribution < -0.4 is 19.7 Å². The number of rotatable bonds is 4. The highest BCUT2D eigenvalue weighted by Gasteiger charge is 2.35. The monoisotopic (exact) mass is 342 g/mol. The summed E-state index contributed by atoms with van der Waals surface area (Å²) in [6.07, 6.45) is 1.88. The number of fused-ring (bicyclic) bond motifs is 1. The van der Waals surface area contributed by atoms with Gasteiger partial charge in [-0.25, -0.2) is 0 Å². The lowest BCUT2D eigenvalue weighted by atomic mass is 10.1. The molecule has 130 valence electrons. The Morgan fingerprint density at radius 1 is 1.32 bits per heavy atom. The maximum Gasteiger partial charge on any atom is 0.231 e. The Morgan fingerprint density at radius 3 is 2.96 bits per heavy atom. The van der Waals surface area contributed by atoms with E-state index < -0.39 is 0 Å². The minimum absolute atomic E-state index is 0.0699. The van der Waals surface area contributed by atoms with Gasteiger partial charge >= 0.3 is 0 Å². The van der Waals surface area contributed by atoms with E-state index >= 15 is 0 Å². The number of carbonyl (C=O) groups is 2. The lowest BCUT2D eigenvalue weighted by Crippen LogP contribution is -2.33. The smallest absolute Gasteiger partial charge is 0.231 e. The van der Waals surface area contributed by atoms with E-state index in [1.54, 1.807) is 34.0 Å². The van der Waals surface area contributed by atoms with Crippen LogP contribution in [0, 0.1) is 5.92 Å². The van der Waals surface area contributed by atoms with E-state index in [1.165, 1.54) is 0 Å². The number of nitrogens with zero attached hydrogens (tertiary/aromatic N) is 3. The van der Waals surface area contributed by atoms with Crippen molar-refractivity contribution in [2.75, 3.05) is 18.2 Å². The minimum atomic E-state index is -0.369. The van der Waals surface area contributed by atoms with Crippen molar-refractivity contribution >= 4 is 17.5 Å². The molecule has 1 unspecified atom stereocenters. The molecule has 8 heteroatoms. The second kappa shape index (κ2) is 6.12. The normalized spacial score (nSPS) is 18.7. The Balaban J connectivity index is 1.41. The van der Waals surface area contributed by atoms with Crippen LogP contribution in [0.2, 0.25) is 0 Å². The molecule has 2 amide bonds. The molecule has 8 nitrogen and oxygen atoms in total. The van der Waals surface area contributed by atoms with Gasteiger partial charge in [0.2, 0.25) is 18.6 Å². The molecule has 3 heterocycles. The molecule has 0 spiro atoms. The van der Waals surface area contributed by atoms with Crippen molar-refractivity contribution in [3.05, 3.63) is 36.2 Å². The number of carbonyl (C=O) groups excluding carboxylic acids is 2. The minimum Gasteiger partial charge on any atom is -0.454 e. The first kappa shape index (κ1) is 15.5. The van der Waals surface area contributed by atoms with Gasteiger partial charge in [0, 0.05) is 38.0 Å². The van der Waals surface area contributed by atoms with Crippen LogP contribution in [0.3, 0.4) is 0 Å². The maximum atomic E-state index is 12.4. The van der Waals surface area contributed by atoms with E-state index in [2.05, 4.69) is 10.4 Å². The highest BCUT2D eigenvalue weighted by Crippen LogP contribution is 2.37. The molecule has 1 fully saturated rings. The predicted octanol–water partition coefficient (Wildman–Crippen LogP) is 0.818. The summed E-state index contributed by atoms with van der Waals surface area (Å²) in [7, 11) is 1.82. The molecule has 0 saturated carbocycles. The average Bonchev–Trinajstić information content (AvgIpc) is 3.31. The molecular weight excluding hydrogens is 324 g/mol. The fourth-order valence-electron chi connectivity index (χ4n) is 3.08. The second-order valence-corrected chi connectivity index (χ2v) is 6.11. The SMILES string of the molecule is Cn1nccc1CNC(=O)C1CC(=O)N(c2ccc3c(c2)OCO3)C1. The highest BCUT2D eigenvalue weighted by molar-refractivity contribution is 6.00. The van der Waals surface area contributed by atoms with E-state index in [9.17, 15) is 9.59 Å². The Morgan fingerprint density at radius 2 is 2.16 bits per heavy atom. The standard InChI is InChI=1S/C17H18N4O4/c1-20-13(4-5-19-20)8-18-17(23)11-6-16(22)21(9-11)12-2-3-14-15(7-12)25-10-24-14/h2-5,7,11H,6,8-10H2,1H3,(H,18,23). The van der Waals surface area contributed by atoms with Crippen LogP contribution in [0.25, 0.3) is 0 Å². The lowest BCUT2D eigenvalue weighted by Gasteiger charge is -2.17. The molecule has 2 aliphatic rings. The third kappa shape index (κ3) is 2.90. The molecule has 1 saturated heterocycles. The average molecular weight is 342 g/mol. The quantitative estimate of drug-likeness (QED) is 0.889. The molecule has 1 aromatic heterocycles. The van der Waals surface area contributed by atoms with Gasteiger partial charge < -0.3 is 19.7 Å². The van der Waals surface area contributed by atoms with Crippen molar-refractivity contribution in [1.82, 2.24) is 15.1 Å². The van der Waals surface area contributed by atoms with Crippen molar-refractivity contribution in [3.8, 4) is 11.5 Å². The van der Waals surface area contributed by atoms with E-state index in [-0.39, 0.29) is 30.9 Å². The third-order valence-corrected chi connectivity index (χ3v) is 4.53. The van der Waals surface area contributed by atoms with Gasteiger partial charge in [0.1, 0.15) is 0 Å². The fraction of sp³-hybridized carbons (Fsp3) is 0.353. The molecular formula is C17H18N4O4. The zero-order chi connectivity index (χ0) is 17.4. The third-order valence-electron chi connectivity index (χ3n) is 4.53. The molecule has 0 bridgehead atoms. The molecule has 4 rings (SSSR count). The van der Waals surface area contributed by atoms with E-state index in [4.69, 9.17) is 9.47 Å². The van der Waals surface area contributed by atoms with Crippen molar-refractivity contribution in [2.24, 2.45) is 13.0 Å². The summed E-state index contributed by atoms with van der Waals surface area (Å²) in [5.41, 5.74) is 1.63. The van der Waals surface area contributed by atoms with Crippen LogP contribution in [0.1, 0.15) is 12.1 Å². The maximum absolute atomic E-state index is 12.4. The zero-order valence-corrected chi connectivity index (χ0v) is 13.8. The van der Waals surface area contributed by atoms with E-state index in [0.717, 1.165) is 11.4 Å². The topological polar surface area (TPSA) is 85.7 Å². The fourth-order valence-corrected chi connectivity index (χ4v) is 3.08. The van der Waals surface area contributed by atoms with Gasteiger partial charge in [-0.1, -0.05) is 0 Å². The van der Waals surface area contributed by atoms with Gasteiger partial charge in [-0.2, -0.15) is 5.10 Å². The van der Waals surface area contributed by atoms with Gasteiger partial charge in [-0.3, -0.25) is 14.3 Å². The summed E-state index contributed by atoms with van der Waals surface area (Å²) < 4.78 is 12.3. The van der Waals surface area contributed by atoms with Crippen molar-refractivity contribution in [1.29, 1.82) is 0 Å².